The summed E-state index contributed by atoms with van der Waals surface area (Å²) in [5.74, 6) is 0. The molecule has 0 aliphatic carbocycles. The number of benzene rings is 2. The molecule has 2 aromatic carbocycles. The summed E-state index contributed by atoms with van der Waals surface area (Å²) >= 11 is 0. The molecule has 2 heterocycles. The maximum Gasteiger partial charge on any atom is 0.408 e. The van der Waals surface area contributed by atoms with Crippen molar-refractivity contribution >= 4 is 12.2 Å². The molecule has 0 spiro atoms. The number of rotatable bonds is 5. The Morgan fingerprint density at radius 3 is 2.50 bits per heavy atom. The minimum absolute atomic E-state index is 0.0967. The molecule has 1 unspecified atom stereocenters. The highest BCUT2D eigenvalue weighted by atomic mass is 16.6. The highest BCUT2D eigenvalue weighted by molar-refractivity contribution is 5.67. The number of hydrogen-bond donors (Lipinski definition) is 4. The van der Waals surface area contributed by atoms with E-state index in [2.05, 4.69) is 28.1 Å². The molecule has 2 aliphatic rings. The third-order valence-electron chi connectivity index (χ3n) is 5.51. The molecule has 0 aromatic heterocycles. The Balaban J connectivity index is 1.33. The second-order valence-electron chi connectivity index (χ2n) is 7.60. The molecule has 8 nitrogen and oxygen atoms in total. The second-order valence-corrected chi connectivity index (χ2v) is 7.60. The van der Waals surface area contributed by atoms with E-state index in [1.807, 2.05) is 36.4 Å². The molecule has 2 aliphatic heterocycles. The van der Waals surface area contributed by atoms with Crippen LogP contribution in [0.2, 0.25) is 0 Å². The lowest BCUT2D eigenvalue weighted by Gasteiger charge is -2.33. The summed E-state index contributed by atoms with van der Waals surface area (Å²) in [6.07, 6.45) is -0.0263. The normalized spacial score (nSPS) is 22.3. The third-order valence-corrected chi connectivity index (χ3v) is 5.51. The topological polar surface area (TPSA) is 115 Å². The lowest BCUT2D eigenvalue weighted by atomic mass is 9.91. The lowest BCUT2D eigenvalue weighted by molar-refractivity contribution is 0.112. The average molecular weight is 410 g/mol. The molecule has 0 saturated heterocycles. The molecule has 2 aromatic rings. The van der Waals surface area contributed by atoms with Crippen molar-refractivity contribution in [2.45, 2.75) is 37.6 Å². The maximum atomic E-state index is 12.4. The van der Waals surface area contributed by atoms with Crippen molar-refractivity contribution < 1.29 is 19.1 Å². The van der Waals surface area contributed by atoms with E-state index in [0.717, 1.165) is 11.1 Å². The zero-order chi connectivity index (χ0) is 20.9. The number of carbonyl (C=O) groups is 2. The Labute approximate surface area is 175 Å². The van der Waals surface area contributed by atoms with Crippen LogP contribution in [-0.4, -0.2) is 37.6 Å². The molecule has 8 heteroatoms. The quantitative estimate of drug-likeness (QED) is 0.597. The van der Waals surface area contributed by atoms with Gasteiger partial charge < -0.3 is 25.8 Å². The van der Waals surface area contributed by atoms with Gasteiger partial charge in [0.05, 0.1) is 12.2 Å². The standard InChI is InChI=1S/C22H26N4O4/c23-21(27)29-12-17-9-15-6-3-4-8-18(15)19(25-17)13-30-22(28)26-20-10-14-5-1-2-7-16(14)11-24-20/h1-8,17,19-20,24-25H,9-13H2,(H2,23,27)(H,26,28)/t17?,19-,20-/m1/s1. The van der Waals surface area contributed by atoms with Crippen molar-refractivity contribution in [3.63, 3.8) is 0 Å². The molecule has 158 valence electrons. The molecular weight excluding hydrogens is 384 g/mol. The van der Waals surface area contributed by atoms with E-state index in [1.54, 1.807) is 0 Å². The molecule has 30 heavy (non-hydrogen) atoms. The minimum Gasteiger partial charge on any atom is -0.448 e. The number of nitrogens with two attached hydrogens (primary N) is 1. The van der Waals surface area contributed by atoms with E-state index < -0.39 is 12.2 Å². The van der Waals surface area contributed by atoms with Gasteiger partial charge in [0.15, 0.2) is 0 Å². The van der Waals surface area contributed by atoms with E-state index in [1.165, 1.54) is 11.1 Å². The number of ether oxygens (including phenoxy) is 2. The molecule has 0 radical (unpaired) electrons. The highest BCUT2D eigenvalue weighted by Crippen LogP contribution is 2.26. The first kappa shape index (κ1) is 20.2. The first-order chi connectivity index (χ1) is 14.6. The SMILES string of the molecule is NC(=O)OCC1Cc2ccccc2[C@@H](COC(=O)N[C@@H]2Cc3ccccc3CN2)N1. The summed E-state index contributed by atoms with van der Waals surface area (Å²) in [5, 5.41) is 9.58. The van der Waals surface area contributed by atoms with Crippen LogP contribution >= 0.6 is 0 Å². The number of primary amides is 1. The van der Waals surface area contributed by atoms with Gasteiger partial charge in [0.25, 0.3) is 0 Å². The van der Waals surface area contributed by atoms with Gasteiger partial charge in [0.2, 0.25) is 0 Å². The fourth-order valence-corrected chi connectivity index (χ4v) is 4.09. The van der Waals surface area contributed by atoms with Crippen molar-refractivity contribution in [2.24, 2.45) is 5.73 Å². The van der Waals surface area contributed by atoms with Crippen LogP contribution in [0.1, 0.15) is 28.3 Å². The monoisotopic (exact) mass is 410 g/mol. The van der Waals surface area contributed by atoms with Gasteiger partial charge in [0, 0.05) is 19.0 Å². The van der Waals surface area contributed by atoms with Crippen LogP contribution in [0.3, 0.4) is 0 Å². The zero-order valence-corrected chi connectivity index (χ0v) is 16.6. The molecular formula is C22H26N4O4. The predicted octanol–water partition coefficient (Wildman–Crippen LogP) is 1.74. The first-order valence-electron chi connectivity index (χ1n) is 10.1. The number of hydrogen-bond acceptors (Lipinski definition) is 6. The Hall–Kier alpha value is -3.10. The van der Waals surface area contributed by atoms with E-state index >= 15 is 0 Å². The van der Waals surface area contributed by atoms with Crippen LogP contribution < -0.4 is 21.7 Å². The fraction of sp³-hybridized carbons (Fsp3) is 0.364. The third kappa shape index (κ3) is 4.90. The maximum absolute atomic E-state index is 12.4. The van der Waals surface area contributed by atoms with Gasteiger partial charge in [-0.05, 0) is 28.7 Å². The van der Waals surface area contributed by atoms with E-state index in [9.17, 15) is 9.59 Å². The Bertz CT molecular complexity index is 920. The van der Waals surface area contributed by atoms with Crippen LogP contribution in [-0.2, 0) is 28.9 Å². The smallest absolute Gasteiger partial charge is 0.408 e. The van der Waals surface area contributed by atoms with Crippen LogP contribution in [0.15, 0.2) is 48.5 Å². The van der Waals surface area contributed by atoms with Gasteiger partial charge in [-0.3, -0.25) is 5.32 Å². The average Bonchev–Trinajstić information content (AvgIpc) is 2.76. The number of alkyl carbamates (subject to hydrolysis) is 1. The molecule has 0 saturated carbocycles. The predicted molar refractivity (Wildman–Crippen MR) is 111 cm³/mol. The molecule has 0 bridgehead atoms. The lowest BCUT2D eigenvalue weighted by Crippen LogP contribution is -2.50. The van der Waals surface area contributed by atoms with Crippen LogP contribution in [0, 0.1) is 0 Å². The van der Waals surface area contributed by atoms with Crippen LogP contribution in [0.25, 0.3) is 0 Å². The van der Waals surface area contributed by atoms with Gasteiger partial charge in [0.1, 0.15) is 13.2 Å². The second kappa shape index (κ2) is 9.15. The van der Waals surface area contributed by atoms with Crippen molar-refractivity contribution in [2.75, 3.05) is 13.2 Å². The summed E-state index contributed by atoms with van der Waals surface area (Å²) < 4.78 is 10.5. The summed E-state index contributed by atoms with van der Waals surface area (Å²) in [5.41, 5.74) is 9.76. The Kier molecular flexibility index (Phi) is 6.15. The van der Waals surface area contributed by atoms with Crippen LogP contribution in [0.5, 0.6) is 0 Å². The van der Waals surface area contributed by atoms with Crippen molar-refractivity contribution in [3.05, 3.63) is 70.8 Å². The van der Waals surface area contributed by atoms with Gasteiger partial charge in [-0.25, -0.2) is 9.59 Å². The minimum atomic E-state index is -0.801. The zero-order valence-electron chi connectivity index (χ0n) is 16.6. The molecule has 2 amide bonds. The summed E-state index contributed by atoms with van der Waals surface area (Å²) in [6, 6.07) is 15.9. The van der Waals surface area contributed by atoms with Gasteiger partial charge in [-0.2, -0.15) is 0 Å². The summed E-state index contributed by atoms with van der Waals surface area (Å²) in [7, 11) is 0. The van der Waals surface area contributed by atoms with Crippen molar-refractivity contribution in [1.29, 1.82) is 0 Å². The number of amides is 2. The van der Waals surface area contributed by atoms with E-state index in [4.69, 9.17) is 15.2 Å². The summed E-state index contributed by atoms with van der Waals surface area (Å²) in [4.78, 5) is 23.3. The molecule has 5 N–H and O–H groups in total. The molecule has 3 atom stereocenters. The molecule has 0 fully saturated rings. The number of fused-ring (bicyclic) bond motifs is 2. The highest BCUT2D eigenvalue weighted by Gasteiger charge is 2.28. The molecule has 4 rings (SSSR count). The van der Waals surface area contributed by atoms with Crippen molar-refractivity contribution in [1.82, 2.24) is 16.0 Å². The Morgan fingerprint density at radius 1 is 0.967 bits per heavy atom. The summed E-state index contributed by atoms with van der Waals surface area (Å²) in [6.45, 7) is 1.04. The van der Waals surface area contributed by atoms with Crippen LogP contribution in [0.4, 0.5) is 9.59 Å². The van der Waals surface area contributed by atoms with Crippen molar-refractivity contribution in [3.8, 4) is 0 Å². The fourth-order valence-electron chi connectivity index (χ4n) is 4.09. The van der Waals surface area contributed by atoms with E-state index in [0.29, 0.717) is 19.4 Å². The van der Waals surface area contributed by atoms with Gasteiger partial charge in [-0.1, -0.05) is 48.5 Å². The first-order valence-corrected chi connectivity index (χ1v) is 10.1. The van der Waals surface area contributed by atoms with E-state index in [-0.39, 0.29) is 31.5 Å². The Morgan fingerprint density at radius 2 is 1.70 bits per heavy atom. The number of carbonyl (C=O) groups excluding carboxylic acids is 2. The van der Waals surface area contributed by atoms with Gasteiger partial charge in [-0.15, -0.1) is 0 Å². The number of nitrogens with one attached hydrogen (secondary N) is 3. The van der Waals surface area contributed by atoms with Gasteiger partial charge >= 0.3 is 12.2 Å². The largest absolute Gasteiger partial charge is 0.448 e.